The van der Waals surface area contributed by atoms with Crippen molar-refractivity contribution in [3.05, 3.63) is 176 Å². The molecule has 0 atom stereocenters. The molecule has 0 saturated heterocycles. The Kier molecular flexibility index (Phi) is 6.20. The molecule has 202 valence electrons. The Morgan fingerprint density at radius 2 is 0.814 bits per heavy atom. The van der Waals surface area contributed by atoms with Gasteiger partial charge in [0.05, 0.1) is 11.4 Å². The van der Waals surface area contributed by atoms with E-state index in [4.69, 9.17) is 0 Å². The molecule has 0 saturated carbocycles. The highest BCUT2D eigenvalue weighted by atomic mass is 15.1. The predicted octanol–water partition coefficient (Wildman–Crippen LogP) is 11.9. The van der Waals surface area contributed by atoms with Gasteiger partial charge in [0.2, 0.25) is 0 Å². The van der Waals surface area contributed by atoms with Crippen molar-refractivity contribution in [2.45, 2.75) is 0 Å². The van der Waals surface area contributed by atoms with Crippen LogP contribution in [0.15, 0.2) is 176 Å². The highest BCUT2D eigenvalue weighted by Gasteiger charge is 2.17. The molecule has 0 aliphatic rings. The summed E-state index contributed by atoms with van der Waals surface area (Å²) in [5, 5.41) is 7.43. The standard InChI is InChI=1S/C42H29N/c1-2-11-31(12-3-1)37-20-8-15-34-23-24-35(29-40(34)37)30-25-27-36(28-26-30)43(41-21-9-16-32-13-4-6-18-38(32)41)42-22-10-17-33-14-5-7-19-39(33)42/h1-29H. The van der Waals surface area contributed by atoms with Crippen molar-refractivity contribution in [3.63, 3.8) is 0 Å². The second-order valence-corrected chi connectivity index (χ2v) is 11.0. The van der Waals surface area contributed by atoms with Crippen LogP contribution in [0.25, 0.3) is 54.6 Å². The zero-order valence-corrected chi connectivity index (χ0v) is 23.7. The molecule has 8 aromatic rings. The Hall–Kier alpha value is -5.66. The van der Waals surface area contributed by atoms with Gasteiger partial charge in [-0.3, -0.25) is 0 Å². The van der Waals surface area contributed by atoms with Gasteiger partial charge in [0.15, 0.2) is 0 Å². The first kappa shape index (κ1) is 25.1. The maximum absolute atomic E-state index is 2.41. The van der Waals surface area contributed by atoms with Crippen LogP contribution < -0.4 is 4.90 Å². The number of hydrogen-bond acceptors (Lipinski definition) is 1. The van der Waals surface area contributed by atoms with Gasteiger partial charge in [-0.05, 0) is 74.1 Å². The first-order valence-corrected chi connectivity index (χ1v) is 14.8. The molecule has 0 spiro atoms. The Labute approximate surface area is 251 Å². The Bertz CT molecular complexity index is 2140. The summed E-state index contributed by atoms with van der Waals surface area (Å²) >= 11 is 0. The van der Waals surface area contributed by atoms with E-state index in [1.54, 1.807) is 0 Å². The summed E-state index contributed by atoms with van der Waals surface area (Å²) < 4.78 is 0. The summed E-state index contributed by atoms with van der Waals surface area (Å²) in [5.41, 5.74) is 8.37. The van der Waals surface area contributed by atoms with Gasteiger partial charge in [0.25, 0.3) is 0 Å². The molecule has 0 aliphatic carbocycles. The number of anilines is 3. The van der Waals surface area contributed by atoms with Crippen LogP contribution >= 0.6 is 0 Å². The van der Waals surface area contributed by atoms with E-state index in [2.05, 4.69) is 181 Å². The van der Waals surface area contributed by atoms with Gasteiger partial charge >= 0.3 is 0 Å². The smallest absolute Gasteiger partial charge is 0.0540 e. The summed E-state index contributed by atoms with van der Waals surface area (Å²) in [6, 6.07) is 63.5. The summed E-state index contributed by atoms with van der Waals surface area (Å²) in [6.45, 7) is 0. The molecular weight excluding hydrogens is 518 g/mol. The molecule has 0 radical (unpaired) electrons. The number of fused-ring (bicyclic) bond motifs is 3. The fourth-order valence-electron chi connectivity index (χ4n) is 6.34. The molecule has 8 aromatic carbocycles. The van der Waals surface area contributed by atoms with E-state index >= 15 is 0 Å². The lowest BCUT2D eigenvalue weighted by molar-refractivity contribution is 1.31. The zero-order valence-electron chi connectivity index (χ0n) is 23.7. The van der Waals surface area contributed by atoms with Crippen LogP contribution in [-0.4, -0.2) is 0 Å². The molecule has 0 unspecified atom stereocenters. The quantitative estimate of drug-likeness (QED) is 0.207. The van der Waals surface area contributed by atoms with Gasteiger partial charge in [-0.25, -0.2) is 0 Å². The summed E-state index contributed by atoms with van der Waals surface area (Å²) in [6.07, 6.45) is 0. The minimum Gasteiger partial charge on any atom is -0.309 e. The fourth-order valence-corrected chi connectivity index (χ4v) is 6.34. The Balaban J connectivity index is 1.27. The van der Waals surface area contributed by atoms with Gasteiger partial charge in [0.1, 0.15) is 0 Å². The fraction of sp³-hybridized carbons (Fsp3) is 0. The molecule has 43 heavy (non-hydrogen) atoms. The molecule has 0 N–H and O–H groups in total. The number of benzene rings is 8. The van der Waals surface area contributed by atoms with E-state index in [-0.39, 0.29) is 0 Å². The van der Waals surface area contributed by atoms with Crippen molar-refractivity contribution in [2.75, 3.05) is 4.90 Å². The van der Waals surface area contributed by atoms with Gasteiger partial charge in [-0.2, -0.15) is 0 Å². The van der Waals surface area contributed by atoms with Crippen molar-refractivity contribution in [3.8, 4) is 22.3 Å². The van der Waals surface area contributed by atoms with E-state index < -0.39 is 0 Å². The maximum atomic E-state index is 2.41. The van der Waals surface area contributed by atoms with Crippen LogP contribution in [0.5, 0.6) is 0 Å². The normalized spacial score (nSPS) is 11.3. The average Bonchev–Trinajstić information content (AvgIpc) is 3.09. The van der Waals surface area contributed by atoms with Crippen LogP contribution in [0.1, 0.15) is 0 Å². The molecule has 1 heteroatoms. The summed E-state index contributed by atoms with van der Waals surface area (Å²) in [5.74, 6) is 0. The van der Waals surface area contributed by atoms with E-state index in [0.29, 0.717) is 0 Å². The van der Waals surface area contributed by atoms with Gasteiger partial charge in [-0.15, -0.1) is 0 Å². The molecule has 0 aromatic heterocycles. The summed E-state index contributed by atoms with van der Waals surface area (Å²) in [7, 11) is 0. The van der Waals surface area contributed by atoms with Crippen molar-refractivity contribution in [1.29, 1.82) is 0 Å². The largest absolute Gasteiger partial charge is 0.309 e. The minimum atomic E-state index is 1.13. The minimum absolute atomic E-state index is 1.13. The third-order valence-electron chi connectivity index (χ3n) is 8.44. The van der Waals surface area contributed by atoms with Crippen LogP contribution in [0.4, 0.5) is 17.1 Å². The molecule has 0 fully saturated rings. The third kappa shape index (κ3) is 4.52. The number of rotatable bonds is 5. The van der Waals surface area contributed by atoms with Crippen molar-refractivity contribution in [2.24, 2.45) is 0 Å². The van der Waals surface area contributed by atoms with E-state index in [0.717, 1.165) is 5.69 Å². The molecule has 0 bridgehead atoms. The van der Waals surface area contributed by atoms with Crippen LogP contribution in [0.3, 0.4) is 0 Å². The molecule has 0 heterocycles. The molecule has 0 aliphatic heterocycles. The lowest BCUT2D eigenvalue weighted by Gasteiger charge is -2.28. The predicted molar refractivity (Wildman–Crippen MR) is 185 cm³/mol. The van der Waals surface area contributed by atoms with E-state index in [9.17, 15) is 0 Å². The van der Waals surface area contributed by atoms with Crippen LogP contribution in [0.2, 0.25) is 0 Å². The van der Waals surface area contributed by atoms with Gasteiger partial charge in [-0.1, -0.05) is 146 Å². The highest BCUT2D eigenvalue weighted by molar-refractivity contribution is 6.05. The molecule has 1 nitrogen and oxygen atoms in total. The van der Waals surface area contributed by atoms with Crippen molar-refractivity contribution >= 4 is 49.4 Å². The lowest BCUT2D eigenvalue weighted by Crippen LogP contribution is -2.11. The summed E-state index contributed by atoms with van der Waals surface area (Å²) in [4.78, 5) is 2.41. The van der Waals surface area contributed by atoms with Crippen LogP contribution in [0, 0.1) is 0 Å². The molecular formula is C42H29N. The third-order valence-corrected chi connectivity index (χ3v) is 8.44. The SMILES string of the molecule is c1ccc(-c2cccc3ccc(-c4ccc(N(c5cccc6ccccc56)c5cccc6ccccc56)cc4)cc23)cc1. The lowest BCUT2D eigenvalue weighted by atomic mass is 9.94. The zero-order chi connectivity index (χ0) is 28.6. The highest BCUT2D eigenvalue weighted by Crippen LogP contribution is 2.42. The second-order valence-electron chi connectivity index (χ2n) is 11.0. The van der Waals surface area contributed by atoms with Gasteiger partial charge < -0.3 is 4.90 Å². The average molecular weight is 548 g/mol. The molecule has 8 rings (SSSR count). The Morgan fingerprint density at radius 1 is 0.302 bits per heavy atom. The topological polar surface area (TPSA) is 3.24 Å². The maximum Gasteiger partial charge on any atom is 0.0540 e. The van der Waals surface area contributed by atoms with Crippen molar-refractivity contribution in [1.82, 2.24) is 0 Å². The molecule has 0 amide bonds. The first-order chi connectivity index (χ1) is 21.3. The van der Waals surface area contributed by atoms with Gasteiger partial charge in [0, 0.05) is 16.5 Å². The van der Waals surface area contributed by atoms with E-state index in [1.165, 1.54) is 65.9 Å². The first-order valence-electron chi connectivity index (χ1n) is 14.8. The van der Waals surface area contributed by atoms with Crippen LogP contribution in [-0.2, 0) is 0 Å². The number of nitrogens with zero attached hydrogens (tertiary/aromatic N) is 1. The number of hydrogen-bond donors (Lipinski definition) is 0. The second kappa shape index (κ2) is 10.6. The monoisotopic (exact) mass is 547 g/mol. The Morgan fingerprint density at radius 3 is 1.47 bits per heavy atom. The van der Waals surface area contributed by atoms with Crippen molar-refractivity contribution < 1.29 is 0 Å². The van der Waals surface area contributed by atoms with E-state index in [1.807, 2.05) is 0 Å².